The lowest BCUT2D eigenvalue weighted by molar-refractivity contribution is 0.141. The maximum absolute atomic E-state index is 12.6. The van der Waals surface area contributed by atoms with Crippen molar-refractivity contribution in [1.29, 1.82) is 0 Å². The number of rotatable bonds is 1. The molecule has 0 unspecified atom stereocenters. The summed E-state index contributed by atoms with van der Waals surface area (Å²) in [6, 6.07) is 0.629. The molecule has 0 aliphatic carbocycles. The molecule has 0 bridgehead atoms. The predicted molar refractivity (Wildman–Crippen MR) is 35.6 cm³/mol. The highest BCUT2D eigenvalue weighted by Crippen LogP contribution is 2.27. The number of aromatic hydroxyl groups is 1. The van der Waals surface area contributed by atoms with E-state index < -0.39 is 23.7 Å². The second-order valence-corrected chi connectivity index (χ2v) is 2.26. The summed E-state index contributed by atoms with van der Waals surface area (Å²) in [6.45, 7) is 1.25. The molecule has 0 radical (unpaired) electrons. The lowest BCUT2D eigenvalue weighted by atomic mass is 10.3. The van der Waals surface area contributed by atoms with E-state index in [1.165, 1.54) is 6.92 Å². The Hall–Kier alpha value is -1.26. The van der Waals surface area contributed by atoms with Crippen LogP contribution in [-0.4, -0.2) is 10.1 Å². The van der Waals surface area contributed by atoms with E-state index in [4.69, 9.17) is 5.11 Å². The Morgan fingerprint density at radius 1 is 1.50 bits per heavy atom. The molecule has 1 N–H and O–H groups in total. The Bertz CT molecular complexity index is 301. The van der Waals surface area contributed by atoms with E-state index in [0.717, 1.165) is 0 Å². The van der Waals surface area contributed by atoms with Gasteiger partial charge in [-0.25, -0.2) is 18.2 Å². The molecule has 1 rings (SSSR count). The molecule has 0 aliphatic rings. The average molecular weight is 177 g/mol. The van der Waals surface area contributed by atoms with Crippen LogP contribution in [0.15, 0.2) is 6.07 Å². The van der Waals surface area contributed by atoms with E-state index in [2.05, 4.69) is 4.98 Å². The molecule has 0 aromatic carbocycles. The topological polar surface area (TPSA) is 33.1 Å². The molecule has 12 heavy (non-hydrogen) atoms. The number of pyridine rings is 1. The molecule has 0 saturated carbocycles. The van der Waals surface area contributed by atoms with Crippen LogP contribution in [0.1, 0.15) is 17.8 Å². The molecule has 2 nitrogen and oxygen atoms in total. The fraction of sp³-hybridized carbons (Fsp3) is 0.286. The lowest BCUT2D eigenvalue weighted by Gasteiger charge is -2.03. The zero-order valence-corrected chi connectivity index (χ0v) is 6.18. The standard InChI is InChI=1S/C7H6F3NO/c1-3-4(8)2-5(12)6(11-3)7(9)10/h2,7,12H,1H3. The van der Waals surface area contributed by atoms with E-state index in [-0.39, 0.29) is 5.69 Å². The zero-order chi connectivity index (χ0) is 9.30. The smallest absolute Gasteiger partial charge is 0.284 e. The number of nitrogens with zero attached hydrogens (tertiary/aromatic N) is 1. The minimum Gasteiger partial charge on any atom is -0.506 e. The predicted octanol–water partition coefficient (Wildman–Crippen LogP) is 2.17. The monoisotopic (exact) mass is 177 g/mol. The fourth-order valence-electron chi connectivity index (χ4n) is 0.750. The van der Waals surface area contributed by atoms with Crippen LogP contribution in [0.3, 0.4) is 0 Å². The first-order valence-corrected chi connectivity index (χ1v) is 3.16. The summed E-state index contributed by atoms with van der Waals surface area (Å²) >= 11 is 0. The van der Waals surface area contributed by atoms with Crippen LogP contribution in [0.5, 0.6) is 5.75 Å². The van der Waals surface area contributed by atoms with E-state index in [0.29, 0.717) is 6.07 Å². The van der Waals surface area contributed by atoms with Gasteiger partial charge in [-0.1, -0.05) is 0 Å². The number of halogens is 3. The SMILES string of the molecule is Cc1nc(C(F)F)c(O)cc1F. The van der Waals surface area contributed by atoms with Crippen LogP contribution >= 0.6 is 0 Å². The van der Waals surface area contributed by atoms with Crippen molar-refractivity contribution in [3.8, 4) is 5.75 Å². The maximum Gasteiger partial charge on any atom is 0.284 e. The van der Waals surface area contributed by atoms with Gasteiger partial charge in [-0.05, 0) is 6.92 Å². The number of aromatic nitrogens is 1. The van der Waals surface area contributed by atoms with Crippen LogP contribution in [0, 0.1) is 12.7 Å². The third-order valence-electron chi connectivity index (χ3n) is 1.37. The Balaban J connectivity index is 3.23. The maximum atomic E-state index is 12.6. The van der Waals surface area contributed by atoms with Crippen LogP contribution in [0.2, 0.25) is 0 Å². The van der Waals surface area contributed by atoms with E-state index in [1.807, 2.05) is 0 Å². The summed E-state index contributed by atoms with van der Waals surface area (Å²) < 4.78 is 36.5. The highest BCUT2D eigenvalue weighted by Gasteiger charge is 2.16. The van der Waals surface area contributed by atoms with Crippen LogP contribution in [0.4, 0.5) is 13.2 Å². The minimum atomic E-state index is -2.88. The molecule has 0 fully saturated rings. The normalized spacial score (nSPS) is 10.8. The van der Waals surface area contributed by atoms with Crippen molar-refractivity contribution in [2.24, 2.45) is 0 Å². The van der Waals surface area contributed by atoms with Crippen LogP contribution in [-0.2, 0) is 0 Å². The van der Waals surface area contributed by atoms with E-state index in [1.54, 1.807) is 0 Å². The third kappa shape index (κ3) is 1.49. The molecule has 0 saturated heterocycles. The van der Waals surface area contributed by atoms with Gasteiger partial charge in [0, 0.05) is 6.07 Å². The van der Waals surface area contributed by atoms with Crippen molar-refractivity contribution in [2.75, 3.05) is 0 Å². The van der Waals surface area contributed by atoms with E-state index in [9.17, 15) is 13.2 Å². The van der Waals surface area contributed by atoms with Gasteiger partial charge in [-0.3, -0.25) is 0 Å². The molecule has 1 aromatic rings. The van der Waals surface area contributed by atoms with Gasteiger partial charge in [0.2, 0.25) is 0 Å². The summed E-state index contributed by atoms with van der Waals surface area (Å²) in [7, 11) is 0. The number of hydrogen-bond acceptors (Lipinski definition) is 2. The summed E-state index contributed by atoms with van der Waals surface area (Å²) in [5, 5.41) is 8.80. The molecule has 0 amide bonds. The van der Waals surface area contributed by atoms with Crippen molar-refractivity contribution in [2.45, 2.75) is 13.3 Å². The first-order chi connectivity index (χ1) is 5.52. The van der Waals surface area contributed by atoms with Crippen molar-refractivity contribution < 1.29 is 18.3 Å². The highest BCUT2D eigenvalue weighted by molar-refractivity contribution is 5.29. The van der Waals surface area contributed by atoms with Gasteiger partial charge in [0.25, 0.3) is 6.43 Å². The number of alkyl halides is 2. The minimum absolute atomic E-state index is 0.150. The zero-order valence-electron chi connectivity index (χ0n) is 6.18. The van der Waals surface area contributed by atoms with Crippen molar-refractivity contribution in [3.63, 3.8) is 0 Å². The van der Waals surface area contributed by atoms with Gasteiger partial charge in [-0.15, -0.1) is 0 Å². The summed E-state index contributed by atoms with van der Waals surface area (Å²) in [5.41, 5.74) is -0.933. The Morgan fingerprint density at radius 2 is 2.08 bits per heavy atom. The Labute approximate surface area is 66.7 Å². The van der Waals surface area contributed by atoms with Gasteiger partial charge < -0.3 is 5.11 Å². The van der Waals surface area contributed by atoms with Crippen molar-refractivity contribution >= 4 is 0 Å². The third-order valence-corrected chi connectivity index (χ3v) is 1.37. The van der Waals surface area contributed by atoms with Gasteiger partial charge in [0.15, 0.2) is 0 Å². The second kappa shape index (κ2) is 3.00. The first-order valence-electron chi connectivity index (χ1n) is 3.16. The molecule has 0 atom stereocenters. The lowest BCUT2D eigenvalue weighted by Crippen LogP contribution is -1.96. The van der Waals surface area contributed by atoms with Gasteiger partial charge >= 0.3 is 0 Å². The largest absolute Gasteiger partial charge is 0.506 e. The van der Waals surface area contributed by atoms with Crippen LogP contribution in [0.25, 0.3) is 0 Å². The average Bonchev–Trinajstić information content (AvgIpc) is 1.96. The molecule has 1 aromatic heterocycles. The van der Waals surface area contributed by atoms with E-state index >= 15 is 0 Å². The van der Waals surface area contributed by atoms with Gasteiger partial charge in [0.1, 0.15) is 17.3 Å². The number of aryl methyl sites for hydroxylation is 1. The Kier molecular flexibility index (Phi) is 2.21. The molecule has 66 valence electrons. The summed E-state index contributed by atoms with van der Waals surface area (Å²) in [5.74, 6) is -1.61. The first kappa shape index (κ1) is 8.83. The summed E-state index contributed by atoms with van der Waals surface area (Å²) in [4.78, 5) is 3.20. The molecule has 0 spiro atoms. The van der Waals surface area contributed by atoms with Crippen molar-refractivity contribution in [1.82, 2.24) is 4.98 Å². The van der Waals surface area contributed by atoms with Gasteiger partial charge in [0.05, 0.1) is 5.69 Å². The Morgan fingerprint density at radius 3 is 2.58 bits per heavy atom. The van der Waals surface area contributed by atoms with Crippen molar-refractivity contribution in [3.05, 3.63) is 23.3 Å². The molecular formula is C7H6F3NO. The number of hydrogen-bond donors (Lipinski definition) is 1. The molecular weight excluding hydrogens is 171 g/mol. The van der Waals surface area contributed by atoms with Gasteiger partial charge in [-0.2, -0.15) is 0 Å². The molecule has 5 heteroatoms. The molecule has 1 heterocycles. The quantitative estimate of drug-likeness (QED) is 0.713. The second-order valence-electron chi connectivity index (χ2n) is 2.26. The highest BCUT2D eigenvalue weighted by atomic mass is 19.3. The summed E-state index contributed by atoms with van der Waals surface area (Å²) in [6.07, 6.45) is -2.88. The fourth-order valence-corrected chi connectivity index (χ4v) is 0.750. The van der Waals surface area contributed by atoms with Crippen LogP contribution < -0.4 is 0 Å². The molecule has 0 aliphatic heterocycles.